The highest BCUT2D eigenvalue weighted by Crippen LogP contribution is 2.37. The SMILES string of the molecule is Cc1cc(C(=O)N2CCN(Cc3ccncc3)CC2)cc2c1C(C=O)N(Cc1ccc(OC(F)(F)F)cc1)C2. The third-order valence-electron chi connectivity index (χ3n) is 7.27. The van der Waals surface area contributed by atoms with Crippen LogP contribution in [0.5, 0.6) is 5.75 Å². The van der Waals surface area contributed by atoms with Crippen molar-refractivity contribution in [1.82, 2.24) is 19.7 Å². The first-order chi connectivity index (χ1) is 18.7. The number of piperazine rings is 1. The molecule has 2 aliphatic heterocycles. The summed E-state index contributed by atoms with van der Waals surface area (Å²) in [5.74, 6) is -0.314. The summed E-state index contributed by atoms with van der Waals surface area (Å²) < 4.78 is 41.3. The molecule has 3 heterocycles. The fraction of sp³-hybridized carbons (Fsp3) is 0.345. The van der Waals surface area contributed by atoms with Crippen LogP contribution in [0.1, 0.15) is 44.2 Å². The van der Waals surface area contributed by atoms with Crippen molar-refractivity contribution >= 4 is 12.2 Å². The minimum Gasteiger partial charge on any atom is -0.406 e. The Morgan fingerprint density at radius 1 is 1.00 bits per heavy atom. The molecule has 5 rings (SSSR count). The molecule has 1 saturated heterocycles. The number of hydrogen-bond acceptors (Lipinski definition) is 6. The van der Waals surface area contributed by atoms with Crippen molar-refractivity contribution in [2.45, 2.75) is 39.0 Å². The average molecular weight is 539 g/mol. The fourth-order valence-corrected chi connectivity index (χ4v) is 5.43. The quantitative estimate of drug-likeness (QED) is 0.413. The molecule has 1 amide bonds. The minimum absolute atomic E-state index is 0.0224. The first-order valence-electron chi connectivity index (χ1n) is 12.8. The van der Waals surface area contributed by atoms with E-state index in [-0.39, 0.29) is 11.7 Å². The lowest BCUT2D eigenvalue weighted by atomic mass is 9.96. The van der Waals surface area contributed by atoms with Gasteiger partial charge in [0.1, 0.15) is 12.0 Å². The Morgan fingerprint density at radius 3 is 2.31 bits per heavy atom. The lowest BCUT2D eigenvalue weighted by molar-refractivity contribution is -0.274. The number of hydrogen-bond donors (Lipinski definition) is 0. The zero-order chi connectivity index (χ0) is 27.6. The van der Waals surface area contributed by atoms with Gasteiger partial charge in [0.05, 0.1) is 6.04 Å². The van der Waals surface area contributed by atoms with Gasteiger partial charge in [0.15, 0.2) is 0 Å². The topological polar surface area (TPSA) is 66.0 Å². The van der Waals surface area contributed by atoms with E-state index in [1.165, 1.54) is 17.7 Å². The van der Waals surface area contributed by atoms with E-state index in [9.17, 15) is 22.8 Å². The van der Waals surface area contributed by atoms with Gasteiger partial charge in [-0.05, 0) is 71.1 Å². The highest BCUT2D eigenvalue weighted by atomic mass is 19.4. The van der Waals surface area contributed by atoms with Crippen LogP contribution in [-0.4, -0.2) is 64.4 Å². The Hall–Kier alpha value is -3.76. The van der Waals surface area contributed by atoms with E-state index in [1.54, 1.807) is 24.5 Å². The van der Waals surface area contributed by atoms with Gasteiger partial charge in [-0.25, -0.2) is 0 Å². The van der Waals surface area contributed by atoms with Crippen LogP contribution in [0.2, 0.25) is 0 Å². The van der Waals surface area contributed by atoms with Gasteiger partial charge < -0.3 is 14.4 Å². The van der Waals surface area contributed by atoms with Gasteiger partial charge in [-0.2, -0.15) is 0 Å². The van der Waals surface area contributed by atoms with Crippen LogP contribution in [0, 0.1) is 6.92 Å². The van der Waals surface area contributed by atoms with Gasteiger partial charge in [-0.1, -0.05) is 12.1 Å². The van der Waals surface area contributed by atoms with E-state index in [0.29, 0.717) is 31.7 Å². The van der Waals surface area contributed by atoms with Crippen LogP contribution in [0.25, 0.3) is 0 Å². The molecule has 3 aromatic rings. The van der Waals surface area contributed by atoms with Crippen molar-refractivity contribution in [3.63, 3.8) is 0 Å². The van der Waals surface area contributed by atoms with Crippen molar-refractivity contribution in [2.24, 2.45) is 0 Å². The van der Waals surface area contributed by atoms with E-state index in [2.05, 4.69) is 14.6 Å². The largest absolute Gasteiger partial charge is 0.573 e. The molecule has 204 valence electrons. The van der Waals surface area contributed by atoms with E-state index in [0.717, 1.165) is 48.2 Å². The number of pyridine rings is 1. The number of alkyl halides is 3. The second-order valence-electron chi connectivity index (χ2n) is 9.97. The molecular formula is C29H29F3N4O3. The van der Waals surface area contributed by atoms with Crippen LogP contribution in [0.15, 0.2) is 60.9 Å². The molecule has 1 aromatic heterocycles. The van der Waals surface area contributed by atoms with Gasteiger partial charge in [0, 0.05) is 63.8 Å². The standard InChI is InChI=1S/C29H29F3N4O3/c1-20-14-23(28(38)35-12-10-34(11-13-35)16-22-6-8-33-9-7-22)15-24-18-36(26(19-37)27(20)24)17-21-2-4-25(5-3-21)39-29(30,31)32/h2-9,14-15,19,26H,10-13,16-18H2,1H3. The summed E-state index contributed by atoms with van der Waals surface area (Å²) in [6, 6.07) is 12.9. The number of carbonyl (C=O) groups excluding carboxylic acids is 2. The van der Waals surface area contributed by atoms with Crippen molar-refractivity contribution in [3.05, 3.63) is 94.3 Å². The van der Waals surface area contributed by atoms with Crippen molar-refractivity contribution in [1.29, 1.82) is 0 Å². The number of ether oxygens (including phenoxy) is 1. The molecule has 2 aliphatic rings. The molecule has 0 aliphatic carbocycles. The maximum absolute atomic E-state index is 13.4. The molecule has 10 heteroatoms. The molecule has 0 spiro atoms. The highest BCUT2D eigenvalue weighted by Gasteiger charge is 2.34. The summed E-state index contributed by atoms with van der Waals surface area (Å²) in [6.07, 6.45) is -0.305. The molecule has 0 saturated carbocycles. The number of halogens is 3. The molecule has 1 fully saturated rings. The Kier molecular flexibility index (Phi) is 7.67. The highest BCUT2D eigenvalue weighted by molar-refractivity contribution is 5.95. The molecule has 0 bridgehead atoms. The Morgan fingerprint density at radius 2 is 1.67 bits per heavy atom. The van der Waals surface area contributed by atoms with Crippen LogP contribution < -0.4 is 4.74 Å². The van der Waals surface area contributed by atoms with Crippen LogP contribution in [0.4, 0.5) is 13.2 Å². The fourth-order valence-electron chi connectivity index (χ4n) is 5.43. The van der Waals surface area contributed by atoms with Gasteiger partial charge in [-0.3, -0.25) is 19.6 Å². The van der Waals surface area contributed by atoms with E-state index < -0.39 is 12.4 Å². The van der Waals surface area contributed by atoms with Crippen LogP contribution in [-0.2, 0) is 24.4 Å². The first kappa shape index (κ1) is 26.8. The average Bonchev–Trinajstić information content (AvgIpc) is 3.27. The number of rotatable bonds is 7. The molecule has 1 atom stereocenters. The van der Waals surface area contributed by atoms with Gasteiger partial charge >= 0.3 is 6.36 Å². The molecule has 0 N–H and O–H groups in total. The molecule has 1 unspecified atom stereocenters. The molecule has 39 heavy (non-hydrogen) atoms. The number of carbonyl (C=O) groups is 2. The monoisotopic (exact) mass is 538 g/mol. The summed E-state index contributed by atoms with van der Waals surface area (Å²) in [5.41, 5.74) is 5.24. The Bertz CT molecular complexity index is 1320. The predicted molar refractivity (Wildman–Crippen MR) is 138 cm³/mol. The predicted octanol–water partition coefficient (Wildman–Crippen LogP) is 4.50. The second kappa shape index (κ2) is 11.2. The van der Waals surface area contributed by atoms with Crippen molar-refractivity contribution < 1.29 is 27.5 Å². The number of benzene rings is 2. The van der Waals surface area contributed by atoms with Crippen LogP contribution in [0.3, 0.4) is 0 Å². The molecular weight excluding hydrogens is 509 g/mol. The van der Waals surface area contributed by atoms with E-state index >= 15 is 0 Å². The second-order valence-corrected chi connectivity index (χ2v) is 9.97. The minimum atomic E-state index is -4.75. The lowest BCUT2D eigenvalue weighted by Crippen LogP contribution is -2.48. The number of fused-ring (bicyclic) bond motifs is 1. The molecule has 7 nitrogen and oxygen atoms in total. The number of nitrogens with zero attached hydrogens (tertiary/aromatic N) is 4. The summed E-state index contributed by atoms with van der Waals surface area (Å²) in [4.78, 5) is 35.7. The Labute approximate surface area is 224 Å². The summed E-state index contributed by atoms with van der Waals surface area (Å²) >= 11 is 0. The van der Waals surface area contributed by atoms with E-state index in [1.807, 2.05) is 41.0 Å². The zero-order valence-corrected chi connectivity index (χ0v) is 21.5. The van der Waals surface area contributed by atoms with Crippen LogP contribution >= 0.6 is 0 Å². The maximum Gasteiger partial charge on any atom is 0.573 e. The Balaban J connectivity index is 1.24. The molecule has 2 aromatic carbocycles. The molecule has 0 radical (unpaired) electrons. The third kappa shape index (κ3) is 6.29. The van der Waals surface area contributed by atoms with Crippen molar-refractivity contribution in [2.75, 3.05) is 26.2 Å². The normalized spacial score (nSPS) is 18.2. The first-order valence-corrected chi connectivity index (χ1v) is 12.8. The van der Waals surface area contributed by atoms with Gasteiger partial charge in [0.2, 0.25) is 0 Å². The maximum atomic E-state index is 13.4. The number of aldehydes is 1. The third-order valence-corrected chi connectivity index (χ3v) is 7.27. The number of aryl methyl sites for hydroxylation is 1. The summed E-state index contributed by atoms with van der Waals surface area (Å²) in [5, 5.41) is 0. The van der Waals surface area contributed by atoms with Gasteiger partial charge in [-0.15, -0.1) is 13.2 Å². The lowest BCUT2D eigenvalue weighted by Gasteiger charge is -2.35. The zero-order valence-electron chi connectivity index (χ0n) is 21.5. The number of amides is 1. The summed E-state index contributed by atoms with van der Waals surface area (Å²) in [7, 11) is 0. The van der Waals surface area contributed by atoms with Crippen molar-refractivity contribution in [3.8, 4) is 5.75 Å². The number of aromatic nitrogens is 1. The van der Waals surface area contributed by atoms with E-state index in [4.69, 9.17) is 0 Å². The smallest absolute Gasteiger partial charge is 0.406 e. The summed E-state index contributed by atoms with van der Waals surface area (Å²) in [6.45, 7) is 6.40. The van der Waals surface area contributed by atoms with Gasteiger partial charge in [0.25, 0.3) is 5.91 Å².